The number of H-pyrrole nitrogens is 1. The van der Waals surface area contributed by atoms with Crippen molar-refractivity contribution in [2.45, 2.75) is 6.92 Å². The number of hydrogen-bond donors (Lipinski definition) is 3. The molecule has 1 aromatic carbocycles. The van der Waals surface area contributed by atoms with E-state index >= 15 is 0 Å². The Morgan fingerprint density at radius 3 is 2.65 bits per heavy atom. The SMILES string of the molecule is Cc1ccc(N=Nc2c(N)n[nH]c2N)cc1Cl. The van der Waals surface area contributed by atoms with E-state index in [0.29, 0.717) is 16.4 Å². The number of halogens is 1. The predicted molar refractivity (Wildman–Crippen MR) is 67.8 cm³/mol. The highest BCUT2D eigenvalue weighted by Crippen LogP contribution is 2.29. The predicted octanol–water partition coefficient (Wildman–Crippen LogP) is 2.95. The first-order valence-electron chi connectivity index (χ1n) is 4.85. The molecule has 5 N–H and O–H groups in total. The van der Waals surface area contributed by atoms with Crippen LogP contribution in [0, 0.1) is 6.92 Å². The molecule has 0 unspecified atom stereocenters. The van der Waals surface area contributed by atoms with Gasteiger partial charge in [-0.05, 0) is 24.6 Å². The lowest BCUT2D eigenvalue weighted by atomic mass is 10.2. The Labute approximate surface area is 103 Å². The van der Waals surface area contributed by atoms with Gasteiger partial charge in [0.15, 0.2) is 11.5 Å². The smallest absolute Gasteiger partial charge is 0.175 e. The Morgan fingerprint density at radius 2 is 2.06 bits per heavy atom. The Bertz CT molecular complexity index is 555. The summed E-state index contributed by atoms with van der Waals surface area (Å²) in [6, 6.07) is 5.38. The topological polar surface area (TPSA) is 105 Å². The number of aromatic amines is 1. The fraction of sp³-hybridized carbons (Fsp3) is 0.100. The molecule has 2 aromatic rings. The lowest BCUT2D eigenvalue weighted by Gasteiger charge is -1.97. The van der Waals surface area contributed by atoms with Gasteiger partial charge in [-0.3, -0.25) is 5.10 Å². The number of nitrogens with two attached hydrogens (primary N) is 2. The number of nitrogens with one attached hydrogen (secondary N) is 1. The summed E-state index contributed by atoms with van der Waals surface area (Å²) in [5.74, 6) is 0.494. The van der Waals surface area contributed by atoms with Crippen LogP contribution in [0.15, 0.2) is 28.4 Å². The molecule has 0 spiro atoms. The molecule has 17 heavy (non-hydrogen) atoms. The van der Waals surface area contributed by atoms with Crippen LogP contribution in [0.25, 0.3) is 0 Å². The number of hydrogen-bond acceptors (Lipinski definition) is 5. The van der Waals surface area contributed by atoms with Gasteiger partial charge < -0.3 is 11.5 Å². The first kappa shape index (κ1) is 11.4. The number of benzene rings is 1. The van der Waals surface area contributed by atoms with Gasteiger partial charge in [-0.25, -0.2) is 0 Å². The van der Waals surface area contributed by atoms with Crippen molar-refractivity contribution in [3.05, 3.63) is 28.8 Å². The van der Waals surface area contributed by atoms with Gasteiger partial charge in [0.05, 0.1) is 5.69 Å². The molecule has 0 saturated carbocycles. The average Bonchev–Trinajstić information content (AvgIpc) is 2.61. The van der Waals surface area contributed by atoms with E-state index in [1.165, 1.54) is 0 Å². The normalized spacial score (nSPS) is 11.2. The Hall–Kier alpha value is -2.08. The second kappa shape index (κ2) is 4.42. The van der Waals surface area contributed by atoms with Gasteiger partial charge >= 0.3 is 0 Å². The number of aromatic nitrogens is 2. The molecule has 0 aliphatic heterocycles. The molecule has 0 bridgehead atoms. The zero-order chi connectivity index (χ0) is 12.4. The number of azo groups is 1. The lowest BCUT2D eigenvalue weighted by molar-refractivity contribution is 1.11. The summed E-state index contributed by atoms with van der Waals surface area (Å²) in [4.78, 5) is 0. The van der Waals surface area contributed by atoms with E-state index in [1.54, 1.807) is 12.1 Å². The number of anilines is 2. The highest BCUT2D eigenvalue weighted by Gasteiger charge is 2.06. The molecular weight excluding hydrogens is 240 g/mol. The van der Waals surface area contributed by atoms with Crippen LogP contribution in [-0.4, -0.2) is 10.2 Å². The van der Waals surface area contributed by atoms with Gasteiger partial charge in [-0.15, -0.1) is 5.11 Å². The van der Waals surface area contributed by atoms with E-state index in [2.05, 4.69) is 20.4 Å². The number of nitrogen functional groups attached to an aromatic ring is 2. The number of nitrogens with zero attached hydrogens (tertiary/aromatic N) is 3. The maximum absolute atomic E-state index is 5.97. The average molecular weight is 251 g/mol. The molecule has 0 saturated heterocycles. The molecule has 2 rings (SSSR count). The standard InChI is InChI=1S/C10H11ClN6/c1-5-2-3-6(4-7(5)11)14-15-8-9(12)16-17-10(8)13/h2-4H,1H3,(H5,12,13,16,17). The lowest BCUT2D eigenvalue weighted by Crippen LogP contribution is -1.84. The Balaban J connectivity index is 2.29. The molecule has 7 heteroatoms. The van der Waals surface area contributed by atoms with Crippen LogP contribution in [0.4, 0.5) is 23.0 Å². The first-order chi connectivity index (χ1) is 8.08. The maximum Gasteiger partial charge on any atom is 0.175 e. The van der Waals surface area contributed by atoms with Crippen LogP contribution in [0.3, 0.4) is 0 Å². The van der Waals surface area contributed by atoms with E-state index < -0.39 is 0 Å². The second-order valence-corrected chi connectivity index (χ2v) is 3.91. The summed E-state index contributed by atoms with van der Waals surface area (Å²) in [6.45, 7) is 1.91. The molecule has 1 aromatic heterocycles. The van der Waals surface area contributed by atoms with Crippen molar-refractivity contribution >= 4 is 34.6 Å². The third kappa shape index (κ3) is 2.36. The zero-order valence-corrected chi connectivity index (χ0v) is 9.86. The van der Waals surface area contributed by atoms with Crippen LogP contribution in [0.1, 0.15) is 5.56 Å². The van der Waals surface area contributed by atoms with Crippen molar-refractivity contribution < 1.29 is 0 Å². The molecule has 0 amide bonds. The minimum Gasteiger partial charge on any atom is -0.382 e. The number of aryl methyl sites for hydroxylation is 1. The first-order valence-corrected chi connectivity index (χ1v) is 5.23. The van der Waals surface area contributed by atoms with Crippen molar-refractivity contribution in [2.24, 2.45) is 10.2 Å². The van der Waals surface area contributed by atoms with Crippen LogP contribution in [0.2, 0.25) is 5.02 Å². The molecule has 0 aliphatic carbocycles. The van der Waals surface area contributed by atoms with Crippen LogP contribution in [-0.2, 0) is 0 Å². The fourth-order valence-electron chi connectivity index (χ4n) is 1.22. The van der Waals surface area contributed by atoms with E-state index in [0.717, 1.165) is 5.56 Å². The van der Waals surface area contributed by atoms with Crippen LogP contribution >= 0.6 is 11.6 Å². The summed E-state index contributed by atoms with van der Waals surface area (Å²) < 4.78 is 0. The van der Waals surface area contributed by atoms with Gasteiger partial charge in [0.25, 0.3) is 0 Å². The summed E-state index contributed by atoms with van der Waals surface area (Å²) in [7, 11) is 0. The molecule has 88 valence electrons. The fourth-order valence-corrected chi connectivity index (χ4v) is 1.40. The summed E-state index contributed by atoms with van der Waals surface area (Å²) >= 11 is 5.97. The summed E-state index contributed by atoms with van der Waals surface area (Å²) in [5.41, 5.74) is 13.1. The Morgan fingerprint density at radius 1 is 1.29 bits per heavy atom. The maximum atomic E-state index is 5.97. The van der Waals surface area contributed by atoms with Gasteiger partial charge in [0, 0.05) is 5.02 Å². The number of rotatable bonds is 2. The summed E-state index contributed by atoms with van der Waals surface area (Å²) in [6.07, 6.45) is 0. The zero-order valence-electron chi connectivity index (χ0n) is 9.11. The van der Waals surface area contributed by atoms with Crippen molar-refractivity contribution in [1.29, 1.82) is 0 Å². The Kier molecular flexibility index (Phi) is 2.97. The van der Waals surface area contributed by atoms with E-state index in [-0.39, 0.29) is 11.6 Å². The van der Waals surface area contributed by atoms with Crippen molar-refractivity contribution in [3.8, 4) is 0 Å². The molecule has 0 fully saturated rings. The third-order valence-corrected chi connectivity index (χ3v) is 2.62. The second-order valence-electron chi connectivity index (χ2n) is 3.50. The molecular formula is C10H11ClN6. The van der Waals surface area contributed by atoms with E-state index in [1.807, 2.05) is 13.0 Å². The minimum atomic E-state index is 0.212. The monoisotopic (exact) mass is 250 g/mol. The third-order valence-electron chi connectivity index (χ3n) is 2.22. The quantitative estimate of drug-likeness (QED) is 0.714. The van der Waals surface area contributed by atoms with Gasteiger partial charge in [-0.2, -0.15) is 10.2 Å². The van der Waals surface area contributed by atoms with Gasteiger partial charge in [-0.1, -0.05) is 17.7 Å². The van der Waals surface area contributed by atoms with Crippen molar-refractivity contribution in [2.75, 3.05) is 11.5 Å². The van der Waals surface area contributed by atoms with Crippen molar-refractivity contribution in [3.63, 3.8) is 0 Å². The van der Waals surface area contributed by atoms with Crippen LogP contribution < -0.4 is 11.5 Å². The van der Waals surface area contributed by atoms with Gasteiger partial charge in [0.1, 0.15) is 5.82 Å². The van der Waals surface area contributed by atoms with E-state index in [4.69, 9.17) is 23.1 Å². The molecule has 0 atom stereocenters. The van der Waals surface area contributed by atoms with E-state index in [9.17, 15) is 0 Å². The molecule has 1 heterocycles. The van der Waals surface area contributed by atoms with Crippen LogP contribution in [0.5, 0.6) is 0 Å². The molecule has 6 nitrogen and oxygen atoms in total. The molecule has 0 aliphatic rings. The highest BCUT2D eigenvalue weighted by molar-refractivity contribution is 6.31. The highest BCUT2D eigenvalue weighted by atomic mass is 35.5. The van der Waals surface area contributed by atoms with Crippen molar-refractivity contribution in [1.82, 2.24) is 10.2 Å². The molecule has 0 radical (unpaired) electrons. The summed E-state index contributed by atoms with van der Waals surface area (Å²) in [5, 5.41) is 14.8. The largest absolute Gasteiger partial charge is 0.382 e. The minimum absolute atomic E-state index is 0.212. The van der Waals surface area contributed by atoms with Gasteiger partial charge in [0.2, 0.25) is 0 Å².